The van der Waals surface area contributed by atoms with Crippen LogP contribution in [0.1, 0.15) is 41.5 Å². The fraction of sp³-hybridized carbons (Fsp3) is 0.286. The first-order valence-corrected chi connectivity index (χ1v) is 13.4. The monoisotopic (exact) mass is 480 g/mol. The molecule has 4 aromatic rings. The van der Waals surface area contributed by atoms with Crippen LogP contribution in [0.15, 0.2) is 72.8 Å². The lowest BCUT2D eigenvalue weighted by Gasteiger charge is -2.23. The van der Waals surface area contributed by atoms with E-state index in [2.05, 4.69) is 20.8 Å². The largest absolute Gasteiger partial charge is 0.507 e. The summed E-state index contributed by atoms with van der Waals surface area (Å²) in [5, 5.41) is 24.8. The molecule has 0 unspecified atom stereocenters. The summed E-state index contributed by atoms with van der Waals surface area (Å²) in [7, 11) is 0.746. The molecule has 0 spiro atoms. The van der Waals surface area contributed by atoms with Gasteiger partial charge in [-0.1, -0.05) is 92.2 Å². The van der Waals surface area contributed by atoms with Gasteiger partial charge in [-0.05, 0) is 54.4 Å². The number of hydrogen-bond acceptors (Lipinski definition) is 4. The van der Waals surface area contributed by atoms with Crippen molar-refractivity contribution in [1.82, 2.24) is 0 Å². The highest BCUT2D eigenvalue weighted by atomic mass is 33.1. The third-order valence-electron chi connectivity index (χ3n) is 4.89. The molecule has 0 saturated carbocycles. The zero-order valence-corrected chi connectivity index (χ0v) is 21.7. The molecule has 0 fully saturated rings. The average Bonchev–Trinajstić information content (AvgIpc) is 2.73. The van der Waals surface area contributed by atoms with Crippen molar-refractivity contribution in [3.8, 4) is 22.6 Å². The van der Waals surface area contributed by atoms with E-state index in [-0.39, 0.29) is 21.0 Å². The zero-order chi connectivity index (χ0) is 24.4. The maximum Gasteiger partial charge on any atom is 0.124 e. The lowest BCUT2D eigenvalue weighted by atomic mass is 9.92. The lowest BCUT2D eigenvalue weighted by Crippen LogP contribution is -2.23. The van der Waals surface area contributed by atoms with Gasteiger partial charge in [-0.2, -0.15) is 0 Å². The van der Waals surface area contributed by atoms with Crippen LogP contribution in [0.3, 0.4) is 0 Å². The Balaban J connectivity index is 0.000000239. The first kappa shape index (κ1) is 25.1. The van der Waals surface area contributed by atoms with E-state index in [1.807, 2.05) is 81.4 Å². The topological polar surface area (TPSA) is 57.5 Å². The Morgan fingerprint density at radius 3 is 1.36 bits per heavy atom. The fourth-order valence-corrected chi connectivity index (χ4v) is 6.21. The Bertz CT molecular complexity index is 1220. The maximum absolute atomic E-state index is 11.6. The van der Waals surface area contributed by atoms with Crippen molar-refractivity contribution in [2.24, 2.45) is 0 Å². The van der Waals surface area contributed by atoms with E-state index in [0.29, 0.717) is 11.1 Å². The van der Waals surface area contributed by atoms with Gasteiger partial charge in [-0.25, -0.2) is 4.21 Å². The number of phenols is 2. The number of phenolic OH excluding ortho intramolecular Hbond substituents is 2. The molecule has 0 aliphatic heterocycles. The van der Waals surface area contributed by atoms with Gasteiger partial charge in [0, 0.05) is 20.6 Å². The minimum atomic E-state index is -0.790. The second-order valence-corrected chi connectivity index (χ2v) is 14.4. The van der Waals surface area contributed by atoms with Crippen LogP contribution in [0.25, 0.3) is 32.7 Å². The van der Waals surface area contributed by atoms with Gasteiger partial charge >= 0.3 is 0 Å². The summed E-state index contributed by atoms with van der Waals surface area (Å²) in [6.07, 6.45) is 0. The average molecular weight is 481 g/mol. The molecule has 0 radical (unpaired) electrons. The number of fused-ring (bicyclic) bond motifs is 2. The standard InChI is InChI=1S/C20H14O2.C8H18OS2/c21-17-11-9-13-5-1-3-7-15(13)19(17)20-16-8-4-2-6-14(16)10-12-18(20)22;1-7(2,3)10-11(9)8(4,5)6/h1-12,21-22H;1-6H3/t;11-/m.0/s1. The highest BCUT2D eigenvalue weighted by Gasteiger charge is 2.25. The molecule has 4 aromatic carbocycles. The molecule has 0 bridgehead atoms. The van der Waals surface area contributed by atoms with Gasteiger partial charge in [0.05, 0.1) is 9.83 Å². The minimum absolute atomic E-state index is 0.0954. The molecule has 4 rings (SSSR count). The first-order chi connectivity index (χ1) is 15.4. The predicted octanol–water partition coefficient (Wildman–Crippen LogP) is 8.05. The summed E-state index contributed by atoms with van der Waals surface area (Å²) < 4.78 is 11.6. The molecule has 5 heteroatoms. The molecule has 33 heavy (non-hydrogen) atoms. The number of hydrogen-bond donors (Lipinski definition) is 2. The summed E-state index contributed by atoms with van der Waals surface area (Å²) in [6.45, 7) is 12.3. The van der Waals surface area contributed by atoms with E-state index in [0.717, 1.165) is 21.5 Å². The van der Waals surface area contributed by atoms with E-state index in [1.165, 1.54) is 10.8 Å². The zero-order valence-electron chi connectivity index (χ0n) is 20.0. The van der Waals surface area contributed by atoms with Crippen molar-refractivity contribution >= 4 is 42.2 Å². The van der Waals surface area contributed by atoms with Crippen LogP contribution >= 0.6 is 10.8 Å². The van der Waals surface area contributed by atoms with Crippen LogP contribution in [-0.4, -0.2) is 23.9 Å². The Morgan fingerprint density at radius 1 is 0.636 bits per heavy atom. The predicted molar refractivity (Wildman–Crippen MR) is 145 cm³/mol. The number of aromatic hydroxyl groups is 2. The molecular formula is C28H32O3S2. The second kappa shape index (κ2) is 9.78. The van der Waals surface area contributed by atoms with Gasteiger partial charge in [0.1, 0.15) is 11.5 Å². The Labute approximate surface area is 202 Å². The number of benzene rings is 4. The summed E-state index contributed by atoms with van der Waals surface area (Å²) in [4.78, 5) is 0. The van der Waals surface area contributed by atoms with Crippen LogP contribution in [0.5, 0.6) is 11.5 Å². The third-order valence-corrected chi connectivity index (χ3v) is 10.00. The molecule has 0 aliphatic rings. The van der Waals surface area contributed by atoms with Gasteiger partial charge in [0.25, 0.3) is 0 Å². The lowest BCUT2D eigenvalue weighted by molar-refractivity contribution is 0.470. The highest BCUT2D eigenvalue weighted by Crippen LogP contribution is 2.44. The van der Waals surface area contributed by atoms with Gasteiger partial charge in [-0.3, -0.25) is 0 Å². The summed E-state index contributed by atoms with van der Waals surface area (Å²) >= 11 is 0. The van der Waals surface area contributed by atoms with Crippen molar-refractivity contribution in [2.75, 3.05) is 0 Å². The van der Waals surface area contributed by atoms with Gasteiger partial charge in [0.15, 0.2) is 0 Å². The summed E-state index contributed by atoms with van der Waals surface area (Å²) in [5.41, 5.74) is 1.35. The van der Waals surface area contributed by atoms with Crippen LogP contribution in [0, 0.1) is 0 Å². The molecule has 1 atom stereocenters. The summed E-state index contributed by atoms with van der Waals surface area (Å²) in [5.74, 6) is 0.343. The fourth-order valence-electron chi connectivity index (χ4n) is 3.40. The maximum atomic E-state index is 11.6. The van der Waals surface area contributed by atoms with Crippen LogP contribution in [0.4, 0.5) is 0 Å². The van der Waals surface area contributed by atoms with E-state index in [9.17, 15) is 14.4 Å². The van der Waals surface area contributed by atoms with E-state index in [1.54, 1.807) is 12.1 Å². The molecule has 0 aromatic heterocycles. The Hall–Kier alpha value is -2.50. The van der Waals surface area contributed by atoms with Crippen LogP contribution in [-0.2, 0) is 9.83 Å². The van der Waals surface area contributed by atoms with Gasteiger partial charge in [0.2, 0.25) is 0 Å². The van der Waals surface area contributed by atoms with Crippen LogP contribution in [0.2, 0.25) is 0 Å². The van der Waals surface area contributed by atoms with E-state index in [4.69, 9.17) is 0 Å². The molecule has 2 N–H and O–H groups in total. The van der Waals surface area contributed by atoms with Gasteiger partial charge < -0.3 is 10.2 Å². The van der Waals surface area contributed by atoms with Gasteiger partial charge in [-0.15, -0.1) is 0 Å². The van der Waals surface area contributed by atoms with E-state index < -0.39 is 9.83 Å². The Kier molecular flexibility index (Phi) is 7.45. The van der Waals surface area contributed by atoms with Crippen molar-refractivity contribution in [3.05, 3.63) is 72.8 Å². The number of rotatable bonds is 2. The molecule has 3 nitrogen and oxygen atoms in total. The van der Waals surface area contributed by atoms with Crippen molar-refractivity contribution in [1.29, 1.82) is 0 Å². The quantitative estimate of drug-likeness (QED) is 0.285. The smallest absolute Gasteiger partial charge is 0.124 e. The molecular weight excluding hydrogens is 448 g/mol. The molecule has 0 heterocycles. The molecule has 0 aliphatic carbocycles. The highest BCUT2D eigenvalue weighted by molar-refractivity contribution is 8.70. The molecule has 0 saturated heterocycles. The van der Waals surface area contributed by atoms with Crippen molar-refractivity contribution in [3.63, 3.8) is 0 Å². The normalized spacial score (nSPS) is 12.9. The van der Waals surface area contributed by atoms with E-state index >= 15 is 0 Å². The minimum Gasteiger partial charge on any atom is -0.507 e. The molecule has 0 amide bonds. The van der Waals surface area contributed by atoms with Crippen LogP contribution < -0.4 is 0 Å². The second-order valence-electron chi connectivity index (χ2n) is 9.90. The van der Waals surface area contributed by atoms with Crippen molar-refractivity contribution < 1.29 is 14.4 Å². The third kappa shape index (κ3) is 6.10. The Morgan fingerprint density at radius 2 is 1.03 bits per heavy atom. The van der Waals surface area contributed by atoms with Crippen molar-refractivity contribution in [2.45, 2.75) is 51.0 Å². The molecule has 174 valence electrons. The first-order valence-electron chi connectivity index (χ1n) is 10.9. The SMILES string of the molecule is CC(C)(C)S[S@](=O)C(C)(C)C.Oc1ccc2ccccc2c1-c1c(O)ccc2ccccc12. The summed E-state index contributed by atoms with van der Waals surface area (Å²) in [6, 6.07) is 22.9.